The number of Topliss-reactive ketones (excluding diaryl/α,β-unsaturated/α-hetero) is 1. The van der Waals surface area contributed by atoms with Crippen LogP contribution < -0.4 is 10.2 Å². The van der Waals surface area contributed by atoms with Gasteiger partial charge < -0.3 is 9.15 Å². The molecule has 10 heteroatoms. The number of imide groups is 1. The third-order valence-corrected chi connectivity index (χ3v) is 5.72. The summed E-state index contributed by atoms with van der Waals surface area (Å²) in [6, 6.07) is 13.0. The molecule has 0 aliphatic carbocycles. The van der Waals surface area contributed by atoms with Crippen molar-refractivity contribution in [2.24, 2.45) is 0 Å². The summed E-state index contributed by atoms with van der Waals surface area (Å²) >= 11 is 11.8. The van der Waals surface area contributed by atoms with Crippen molar-refractivity contribution in [2.75, 3.05) is 11.5 Å². The van der Waals surface area contributed by atoms with Crippen LogP contribution in [-0.4, -0.2) is 36.2 Å². The van der Waals surface area contributed by atoms with Crippen molar-refractivity contribution >= 4 is 52.5 Å². The summed E-state index contributed by atoms with van der Waals surface area (Å²) < 4.78 is 10.3. The number of ether oxygens (including phenoxy) is 1. The smallest absolute Gasteiger partial charge is 0.338 e. The van der Waals surface area contributed by atoms with Crippen LogP contribution in [0.4, 0.5) is 5.69 Å². The van der Waals surface area contributed by atoms with E-state index in [2.05, 4.69) is 5.32 Å². The molecule has 1 aliphatic heterocycles. The molecule has 1 N–H and O–H groups in total. The molecule has 4 rings (SSSR count). The van der Waals surface area contributed by atoms with Gasteiger partial charge in [-0.3, -0.25) is 19.7 Å². The van der Waals surface area contributed by atoms with E-state index >= 15 is 0 Å². The Kier molecular flexibility index (Phi) is 7.12. The lowest BCUT2D eigenvalue weighted by Crippen LogP contribution is -2.38. The van der Waals surface area contributed by atoms with Crippen molar-refractivity contribution in [1.82, 2.24) is 5.32 Å². The fourth-order valence-electron chi connectivity index (χ4n) is 3.45. The number of carbonyl (C=O) groups excluding carboxylic acids is 4. The zero-order chi connectivity index (χ0) is 24.2. The van der Waals surface area contributed by atoms with Crippen LogP contribution in [-0.2, 0) is 20.9 Å². The lowest BCUT2D eigenvalue weighted by Gasteiger charge is -2.15. The third-order valence-electron chi connectivity index (χ3n) is 5.18. The monoisotopic (exact) mass is 500 g/mol. The minimum atomic E-state index is -0.734. The summed E-state index contributed by atoms with van der Waals surface area (Å²) in [4.78, 5) is 50.8. The Morgan fingerprint density at radius 2 is 1.85 bits per heavy atom. The molecule has 0 spiro atoms. The van der Waals surface area contributed by atoms with Gasteiger partial charge in [0.1, 0.15) is 5.76 Å². The largest absolute Gasteiger partial charge is 0.468 e. The van der Waals surface area contributed by atoms with Gasteiger partial charge in [-0.05, 0) is 54.6 Å². The zero-order valence-corrected chi connectivity index (χ0v) is 19.1. The minimum absolute atomic E-state index is 0.0126. The summed E-state index contributed by atoms with van der Waals surface area (Å²) in [5.74, 6) is -1.31. The second-order valence-electron chi connectivity index (χ2n) is 7.45. The van der Waals surface area contributed by atoms with E-state index in [1.807, 2.05) is 0 Å². The average Bonchev–Trinajstić information content (AvgIpc) is 3.43. The summed E-state index contributed by atoms with van der Waals surface area (Å²) in [6.45, 7) is -0.191. The number of hydrogen-bond donors (Lipinski definition) is 1. The van der Waals surface area contributed by atoms with Gasteiger partial charge in [-0.25, -0.2) is 9.69 Å². The van der Waals surface area contributed by atoms with Gasteiger partial charge in [0.15, 0.2) is 6.61 Å². The van der Waals surface area contributed by atoms with Crippen molar-refractivity contribution in [3.8, 4) is 0 Å². The number of anilines is 1. The zero-order valence-electron chi connectivity index (χ0n) is 17.6. The van der Waals surface area contributed by atoms with Crippen LogP contribution in [0.2, 0.25) is 10.0 Å². The lowest BCUT2D eigenvalue weighted by atomic mass is 10.1. The van der Waals surface area contributed by atoms with E-state index in [0.717, 1.165) is 4.90 Å². The molecule has 8 nitrogen and oxygen atoms in total. The summed E-state index contributed by atoms with van der Waals surface area (Å²) in [7, 11) is 0. The number of furan rings is 1. The molecule has 2 heterocycles. The first-order valence-corrected chi connectivity index (χ1v) is 11.0. The average molecular weight is 501 g/mol. The molecule has 1 aromatic heterocycles. The number of nitrogens with one attached hydrogen (secondary N) is 1. The molecule has 2 aromatic carbocycles. The van der Waals surface area contributed by atoms with Gasteiger partial charge in [-0.1, -0.05) is 23.2 Å². The van der Waals surface area contributed by atoms with Crippen LogP contribution in [0, 0.1) is 0 Å². The van der Waals surface area contributed by atoms with Crippen molar-refractivity contribution in [3.05, 3.63) is 87.8 Å². The summed E-state index contributed by atoms with van der Waals surface area (Å²) in [6.07, 6.45) is 1.54. The highest BCUT2D eigenvalue weighted by Crippen LogP contribution is 2.24. The van der Waals surface area contributed by atoms with Gasteiger partial charge in [-0.2, -0.15) is 0 Å². The van der Waals surface area contributed by atoms with Crippen LogP contribution in [0.3, 0.4) is 0 Å². The number of carbonyl (C=O) groups is 4. The van der Waals surface area contributed by atoms with Gasteiger partial charge >= 0.3 is 5.97 Å². The maximum absolute atomic E-state index is 12.7. The predicted molar refractivity (Wildman–Crippen MR) is 124 cm³/mol. The normalized spacial score (nSPS) is 15.6. The standard InChI is InChI=1S/C24H18Cl2N2O6/c25-15-5-8-18(19(26)10-15)21(29)13-34-24(32)14-3-6-16(7-4-14)28-22(30)11-20(23(28)31)27-12-17-2-1-9-33-17/h1-10,20,27H,11-13H2. The van der Waals surface area contributed by atoms with E-state index in [4.69, 9.17) is 32.4 Å². The Labute approximate surface area is 204 Å². The molecule has 1 unspecified atom stereocenters. The molecule has 3 aromatic rings. The molecular formula is C24H18Cl2N2O6. The quantitative estimate of drug-likeness (QED) is 0.282. The summed E-state index contributed by atoms with van der Waals surface area (Å²) in [5.41, 5.74) is 0.679. The van der Waals surface area contributed by atoms with Gasteiger partial charge in [-0.15, -0.1) is 0 Å². The number of hydrogen-bond acceptors (Lipinski definition) is 7. The predicted octanol–water partition coefficient (Wildman–Crippen LogP) is 4.05. The molecule has 0 saturated carbocycles. The molecule has 174 valence electrons. The molecule has 0 bridgehead atoms. The molecule has 1 aliphatic rings. The van der Waals surface area contributed by atoms with Gasteiger partial charge in [0.05, 0.1) is 41.5 Å². The SMILES string of the molecule is O=C(OCC(=O)c1ccc(Cl)cc1Cl)c1ccc(N2C(=O)CC(NCc3ccco3)C2=O)cc1. The van der Waals surface area contributed by atoms with E-state index in [9.17, 15) is 19.2 Å². The van der Waals surface area contributed by atoms with Crippen molar-refractivity contribution in [2.45, 2.75) is 19.0 Å². The third kappa shape index (κ3) is 5.20. The number of rotatable bonds is 8. The Balaban J connectivity index is 1.35. The van der Waals surface area contributed by atoms with Crippen LogP contribution >= 0.6 is 23.2 Å². The van der Waals surface area contributed by atoms with E-state index in [-0.39, 0.29) is 28.5 Å². The number of ketones is 1. The van der Waals surface area contributed by atoms with E-state index in [1.54, 1.807) is 12.1 Å². The number of benzene rings is 2. The van der Waals surface area contributed by atoms with Crippen molar-refractivity contribution < 1.29 is 28.3 Å². The van der Waals surface area contributed by atoms with Crippen LogP contribution in [0.15, 0.2) is 65.3 Å². The molecular weight excluding hydrogens is 483 g/mol. The Hall–Kier alpha value is -3.46. The first-order valence-electron chi connectivity index (χ1n) is 10.2. The first-order chi connectivity index (χ1) is 16.3. The first kappa shape index (κ1) is 23.7. The Morgan fingerprint density at radius 3 is 2.53 bits per heavy atom. The maximum Gasteiger partial charge on any atom is 0.338 e. The Morgan fingerprint density at radius 1 is 1.09 bits per heavy atom. The van der Waals surface area contributed by atoms with Crippen molar-refractivity contribution in [1.29, 1.82) is 0 Å². The molecule has 1 saturated heterocycles. The van der Waals surface area contributed by atoms with Crippen LogP contribution in [0.1, 0.15) is 32.9 Å². The second kappa shape index (κ2) is 10.2. The highest BCUT2D eigenvalue weighted by atomic mass is 35.5. The van der Waals surface area contributed by atoms with E-state index in [0.29, 0.717) is 23.0 Å². The molecule has 0 radical (unpaired) electrons. The lowest BCUT2D eigenvalue weighted by molar-refractivity contribution is -0.121. The fraction of sp³-hybridized carbons (Fsp3) is 0.167. The minimum Gasteiger partial charge on any atom is -0.468 e. The molecule has 1 atom stereocenters. The number of nitrogens with zero attached hydrogens (tertiary/aromatic N) is 1. The van der Waals surface area contributed by atoms with Gasteiger partial charge in [0.25, 0.3) is 5.91 Å². The molecule has 1 fully saturated rings. The van der Waals surface area contributed by atoms with Crippen LogP contribution in [0.25, 0.3) is 0 Å². The highest BCUT2D eigenvalue weighted by molar-refractivity contribution is 6.36. The highest BCUT2D eigenvalue weighted by Gasteiger charge is 2.39. The Bertz CT molecular complexity index is 1240. The number of esters is 1. The van der Waals surface area contributed by atoms with Gasteiger partial charge in [0, 0.05) is 10.6 Å². The van der Waals surface area contributed by atoms with E-state index in [1.165, 1.54) is 48.7 Å². The summed E-state index contributed by atoms with van der Waals surface area (Å²) in [5, 5.41) is 3.56. The second-order valence-corrected chi connectivity index (χ2v) is 8.30. The maximum atomic E-state index is 12.7. The van der Waals surface area contributed by atoms with Crippen LogP contribution in [0.5, 0.6) is 0 Å². The topological polar surface area (TPSA) is 106 Å². The number of halogens is 2. The molecule has 2 amide bonds. The molecule has 34 heavy (non-hydrogen) atoms. The van der Waals surface area contributed by atoms with Crippen molar-refractivity contribution in [3.63, 3.8) is 0 Å². The number of amides is 2. The van der Waals surface area contributed by atoms with E-state index < -0.39 is 30.3 Å². The van der Waals surface area contributed by atoms with Gasteiger partial charge in [0.2, 0.25) is 11.7 Å². The fourth-order valence-corrected chi connectivity index (χ4v) is 3.97.